The van der Waals surface area contributed by atoms with Crippen LogP contribution in [0.3, 0.4) is 0 Å². The normalized spacial score (nSPS) is 13.7. The van der Waals surface area contributed by atoms with Crippen LogP contribution in [0.25, 0.3) is 0 Å². The molecule has 0 radical (unpaired) electrons. The Morgan fingerprint density at radius 1 is 1.33 bits per heavy atom. The maximum Gasteiger partial charge on any atom is 0.103 e. The first kappa shape index (κ1) is 8.86. The third kappa shape index (κ3) is 5.74. The van der Waals surface area contributed by atoms with Crippen molar-refractivity contribution in [3.63, 3.8) is 0 Å². The molecule has 56 valence electrons. The molecule has 0 rings (SSSR count). The summed E-state index contributed by atoms with van der Waals surface area (Å²) < 4.78 is 23.8. The minimum Gasteiger partial charge on any atom is -0.251 e. The average molecular weight is 136 g/mol. The fraction of sp³-hybridized carbons (Fsp3) is 1.00. The van der Waals surface area contributed by atoms with Gasteiger partial charge in [0.1, 0.15) is 6.17 Å². The molecule has 0 bridgehead atoms. The molecule has 0 saturated carbocycles. The van der Waals surface area contributed by atoms with Gasteiger partial charge in [0.2, 0.25) is 0 Å². The Morgan fingerprint density at radius 2 is 2.00 bits per heavy atom. The van der Waals surface area contributed by atoms with Crippen molar-refractivity contribution >= 4 is 0 Å². The molecule has 0 aromatic carbocycles. The van der Waals surface area contributed by atoms with Crippen molar-refractivity contribution in [1.29, 1.82) is 0 Å². The van der Waals surface area contributed by atoms with Crippen molar-refractivity contribution in [2.45, 2.75) is 38.8 Å². The van der Waals surface area contributed by atoms with Crippen LogP contribution in [0.2, 0.25) is 0 Å². The monoisotopic (exact) mass is 136 g/mol. The molecule has 0 aliphatic carbocycles. The second-order valence-electron chi connectivity index (χ2n) is 2.22. The molecule has 0 fully saturated rings. The van der Waals surface area contributed by atoms with Crippen molar-refractivity contribution in [3.8, 4) is 0 Å². The van der Waals surface area contributed by atoms with E-state index in [4.69, 9.17) is 0 Å². The number of hydrogen-bond acceptors (Lipinski definition) is 0. The zero-order valence-corrected chi connectivity index (χ0v) is 5.87. The van der Waals surface area contributed by atoms with Gasteiger partial charge in [-0.1, -0.05) is 19.8 Å². The lowest BCUT2D eigenvalue weighted by Crippen LogP contribution is -2.00. The lowest BCUT2D eigenvalue weighted by molar-refractivity contribution is 0.264. The van der Waals surface area contributed by atoms with Crippen LogP contribution in [-0.2, 0) is 0 Å². The van der Waals surface area contributed by atoms with Crippen LogP contribution >= 0.6 is 0 Å². The molecule has 0 N–H and O–H groups in total. The molecule has 0 aromatic heterocycles. The number of halogens is 2. The number of alkyl halides is 2. The summed E-state index contributed by atoms with van der Waals surface area (Å²) in [5, 5.41) is 0. The predicted octanol–water partition coefficient (Wildman–Crippen LogP) is 2.87. The highest BCUT2D eigenvalue weighted by Gasteiger charge is 2.03. The Morgan fingerprint density at radius 3 is 2.44 bits per heavy atom. The maximum atomic E-state index is 12.4. The number of rotatable bonds is 5. The highest BCUT2D eigenvalue weighted by molar-refractivity contribution is 4.53. The summed E-state index contributed by atoms with van der Waals surface area (Å²) in [5.74, 6) is 0. The van der Waals surface area contributed by atoms with E-state index in [1.165, 1.54) is 0 Å². The van der Waals surface area contributed by atoms with Gasteiger partial charge in [0.05, 0.1) is 6.67 Å². The van der Waals surface area contributed by atoms with Crippen LogP contribution in [0.5, 0.6) is 0 Å². The predicted molar refractivity (Wildman–Crippen MR) is 35.0 cm³/mol. The molecule has 0 aromatic rings. The molecule has 0 aliphatic heterocycles. The average Bonchev–Trinajstić information content (AvgIpc) is 1.85. The van der Waals surface area contributed by atoms with Gasteiger partial charge < -0.3 is 0 Å². The Bertz CT molecular complexity index is 54.9. The maximum absolute atomic E-state index is 12.4. The van der Waals surface area contributed by atoms with Crippen LogP contribution in [0, 0.1) is 0 Å². The van der Waals surface area contributed by atoms with E-state index in [0.29, 0.717) is 6.42 Å². The highest BCUT2D eigenvalue weighted by atomic mass is 19.1. The van der Waals surface area contributed by atoms with Gasteiger partial charge in [-0.3, -0.25) is 4.39 Å². The topological polar surface area (TPSA) is 0 Å². The first-order chi connectivity index (χ1) is 4.31. The Labute approximate surface area is 55.3 Å². The van der Waals surface area contributed by atoms with Crippen LogP contribution in [0.4, 0.5) is 8.78 Å². The van der Waals surface area contributed by atoms with E-state index in [-0.39, 0.29) is 6.42 Å². The molecule has 2 heteroatoms. The van der Waals surface area contributed by atoms with Gasteiger partial charge in [-0.2, -0.15) is 0 Å². The van der Waals surface area contributed by atoms with E-state index in [9.17, 15) is 8.78 Å². The minimum absolute atomic E-state index is 0.0833. The number of unbranched alkanes of at least 4 members (excludes halogenated alkanes) is 1. The van der Waals surface area contributed by atoms with Crippen molar-refractivity contribution in [2.24, 2.45) is 0 Å². The molecule has 0 heterocycles. The van der Waals surface area contributed by atoms with E-state index < -0.39 is 12.8 Å². The van der Waals surface area contributed by atoms with E-state index in [2.05, 4.69) is 0 Å². The smallest absolute Gasteiger partial charge is 0.103 e. The van der Waals surface area contributed by atoms with Crippen LogP contribution < -0.4 is 0 Å². The van der Waals surface area contributed by atoms with E-state index in [1.54, 1.807) is 0 Å². The largest absolute Gasteiger partial charge is 0.251 e. The highest BCUT2D eigenvalue weighted by Crippen LogP contribution is 2.07. The first-order valence-electron chi connectivity index (χ1n) is 3.51. The summed E-state index contributed by atoms with van der Waals surface area (Å²) in [4.78, 5) is 0. The molecule has 0 nitrogen and oxygen atoms in total. The molecule has 1 atom stereocenters. The van der Waals surface area contributed by atoms with Crippen LogP contribution in [0.15, 0.2) is 0 Å². The SMILES string of the molecule is CCCC[C@H](F)CCF. The molecule has 0 amide bonds. The van der Waals surface area contributed by atoms with Gasteiger partial charge in [0.15, 0.2) is 0 Å². The number of hydrogen-bond donors (Lipinski definition) is 0. The van der Waals surface area contributed by atoms with Gasteiger partial charge in [0.25, 0.3) is 0 Å². The zero-order valence-electron chi connectivity index (χ0n) is 5.87. The molecular formula is C7H14F2. The third-order valence-corrected chi connectivity index (χ3v) is 1.29. The molecular weight excluding hydrogens is 122 g/mol. The first-order valence-corrected chi connectivity index (χ1v) is 3.51. The van der Waals surface area contributed by atoms with E-state index >= 15 is 0 Å². The quantitative estimate of drug-likeness (QED) is 0.545. The summed E-state index contributed by atoms with van der Waals surface area (Å²) in [6.45, 7) is 1.48. The molecule has 0 saturated heterocycles. The standard InChI is InChI=1S/C7H14F2/c1-2-3-4-7(9)5-6-8/h7H,2-6H2,1H3/t7-/m0/s1. The fourth-order valence-electron chi connectivity index (χ4n) is 0.688. The van der Waals surface area contributed by atoms with Crippen LogP contribution in [0.1, 0.15) is 32.6 Å². The van der Waals surface area contributed by atoms with Gasteiger partial charge in [-0.15, -0.1) is 0 Å². The summed E-state index contributed by atoms with van der Waals surface area (Å²) in [5.41, 5.74) is 0. The van der Waals surface area contributed by atoms with Crippen molar-refractivity contribution in [2.75, 3.05) is 6.67 Å². The second-order valence-corrected chi connectivity index (χ2v) is 2.22. The Balaban J connectivity index is 2.95. The molecule has 0 spiro atoms. The van der Waals surface area contributed by atoms with Crippen molar-refractivity contribution in [3.05, 3.63) is 0 Å². The van der Waals surface area contributed by atoms with Gasteiger partial charge in [-0.05, 0) is 6.42 Å². The van der Waals surface area contributed by atoms with Crippen molar-refractivity contribution < 1.29 is 8.78 Å². The summed E-state index contributed by atoms with van der Waals surface area (Å²) in [6, 6.07) is 0. The second kappa shape index (κ2) is 5.99. The lowest BCUT2D eigenvalue weighted by Gasteiger charge is -2.02. The molecule has 0 aliphatic rings. The summed E-state index contributed by atoms with van der Waals surface area (Å²) in [7, 11) is 0. The zero-order chi connectivity index (χ0) is 7.11. The molecule has 0 unspecified atom stereocenters. The summed E-state index contributed by atoms with van der Waals surface area (Å²) in [6.07, 6.45) is 1.57. The van der Waals surface area contributed by atoms with Crippen molar-refractivity contribution in [1.82, 2.24) is 0 Å². The van der Waals surface area contributed by atoms with E-state index in [0.717, 1.165) is 12.8 Å². The fourth-order valence-corrected chi connectivity index (χ4v) is 0.688. The van der Waals surface area contributed by atoms with E-state index in [1.807, 2.05) is 6.92 Å². The van der Waals surface area contributed by atoms with Gasteiger partial charge in [-0.25, -0.2) is 4.39 Å². The minimum atomic E-state index is -0.907. The third-order valence-electron chi connectivity index (χ3n) is 1.29. The molecule has 9 heavy (non-hydrogen) atoms. The Kier molecular flexibility index (Phi) is 5.89. The van der Waals surface area contributed by atoms with Gasteiger partial charge in [0, 0.05) is 6.42 Å². The summed E-state index contributed by atoms with van der Waals surface area (Å²) >= 11 is 0. The lowest BCUT2D eigenvalue weighted by atomic mass is 10.1. The van der Waals surface area contributed by atoms with Crippen LogP contribution in [-0.4, -0.2) is 12.8 Å². The van der Waals surface area contributed by atoms with Gasteiger partial charge >= 0.3 is 0 Å². The Hall–Kier alpha value is -0.140.